The Balaban J connectivity index is 1.62. The lowest BCUT2D eigenvalue weighted by atomic mass is 10.1. The number of thioether (sulfide) groups is 1. The van der Waals surface area contributed by atoms with Crippen molar-refractivity contribution in [3.05, 3.63) is 65.0 Å². The van der Waals surface area contributed by atoms with Gasteiger partial charge in [-0.1, -0.05) is 36.0 Å². The molecule has 1 aromatic heterocycles. The smallest absolute Gasteiger partial charge is 0.326 e. The van der Waals surface area contributed by atoms with Crippen LogP contribution < -0.4 is 10.6 Å². The van der Waals surface area contributed by atoms with Gasteiger partial charge in [-0.05, 0) is 50.1 Å². The van der Waals surface area contributed by atoms with Crippen LogP contribution in [0.1, 0.15) is 29.4 Å². The van der Waals surface area contributed by atoms with E-state index in [4.69, 9.17) is 0 Å². The molecule has 0 fully saturated rings. The molecule has 0 bridgehead atoms. The van der Waals surface area contributed by atoms with E-state index in [-0.39, 0.29) is 23.8 Å². The minimum absolute atomic E-state index is 0.0418. The number of carbonyl (C=O) groups excluding carboxylic acids is 2. The predicted molar refractivity (Wildman–Crippen MR) is 125 cm³/mol. The van der Waals surface area contributed by atoms with E-state index in [0.29, 0.717) is 17.5 Å². The van der Waals surface area contributed by atoms with Crippen molar-refractivity contribution in [1.29, 1.82) is 0 Å². The van der Waals surface area contributed by atoms with Gasteiger partial charge in [-0.15, -0.1) is 10.2 Å². The van der Waals surface area contributed by atoms with Crippen LogP contribution in [0.2, 0.25) is 0 Å². The van der Waals surface area contributed by atoms with Gasteiger partial charge >= 0.3 is 6.18 Å². The second-order valence-corrected chi connectivity index (χ2v) is 8.49. The van der Waals surface area contributed by atoms with Crippen LogP contribution in [0, 0.1) is 13.8 Å². The number of carbonyl (C=O) groups is 2. The summed E-state index contributed by atoms with van der Waals surface area (Å²) in [6.45, 7) is 6.14. The zero-order chi connectivity index (χ0) is 24.9. The average Bonchev–Trinajstić information content (AvgIpc) is 3.15. The number of nitrogens with zero attached hydrogens (tertiary/aromatic N) is 3. The molecule has 7 nitrogen and oxygen atoms in total. The fourth-order valence-electron chi connectivity index (χ4n) is 3.31. The number of hydrogen-bond acceptors (Lipinski definition) is 5. The van der Waals surface area contributed by atoms with Crippen LogP contribution >= 0.6 is 11.8 Å². The fourth-order valence-corrected chi connectivity index (χ4v) is 4.13. The molecule has 180 valence electrons. The molecule has 0 aliphatic rings. The van der Waals surface area contributed by atoms with Crippen molar-refractivity contribution in [1.82, 2.24) is 14.8 Å². The summed E-state index contributed by atoms with van der Waals surface area (Å²) in [5.41, 5.74) is 1.89. The van der Waals surface area contributed by atoms with Crippen molar-refractivity contribution >= 4 is 35.0 Å². The Morgan fingerprint density at radius 2 is 1.68 bits per heavy atom. The van der Waals surface area contributed by atoms with Crippen LogP contribution in [-0.4, -0.2) is 32.3 Å². The molecule has 0 aliphatic heterocycles. The maximum Gasteiger partial charge on any atom is 0.416 e. The van der Waals surface area contributed by atoms with E-state index in [2.05, 4.69) is 20.8 Å². The molecule has 11 heteroatoms. The van der Waals surface area contributed by atoms with Crippen molar-refractivity contribution in [2.75, 3.05) is 16.4 Å². The summed E-state index contributed by atoms with van der Waals surface area (Å²) in [5, 5.41) is 13.9. The number of nitrogens with one attached hydrogen (secondary N) is 2. The zero-order valence-corrected chi connectivity index (χ0v) is 19.7. The number of anilines is 2. The van der Waals surface area contributed by atoms with Gasteiger partial charge in [-0.2, -0.15) is 13.2 Å². The number of alkyl halides is 3. The third-order valence-corrected chi connectivity index (χ3v) is 5.95. The van der Waals surface area contributed by atoms with Crippen molar-refractivity contribution in [2.45, 2.75) is 45.1 Å². The third-order valence-electron chi connectivity index (χ3n) is 4.98. The van der Waals surface area contributed by atoms with Crippen LogP contribution in [0.3, 0.4) is 0 Å². The lowest BCUT2D eigenvalue weighted by Gasteiger charge is -2.12. The van der Waals surface area contributed by atoms with Gasteiger partial charge in [0.05, 0.1) is 17.7 Å². The number of halogens is 3. The first-order chi connectivity index (χ1) is 16.1. The van der Waals surface area contributed by atoms with E-state index in [0.717, 1.165) is 28.9 Å². The molecule has 0 unspecified atom stereocenters. The number of benzene rings is 2. The molecule has 0 saturated heterocycles. The van der Waals surface area contributed by atoms with Gasteiger partial charge in [0.1, 0.15) is 5.82 Å². The van der Waals surface area contributed by atoms with E-state index >= 15 is 0 Å². The van der Waals surface area contributed by atoms with Gasteiger partial charge in [0, 0.05) is 17.9 Å². The molecule has 0 aliphatic carbocycles. The number of aryl methyl sites for hydroxylation is 2. The van der Waals surface area contributed by atoms with E-state index in [1.54, 1.807) is 4.57 Å². The standard InChI is InChI=1S/C23H24F3N5O2S/c1-4-31-18(12-19(32)27-17-10-6-9-16(11-17)23(24,25)26)29-30-22(31)34-13-20(33)28-21-14(2)7-5-8-15(21)3/h5-11H,4,12-13H2,1-3H3,(H,27,32)(H,28,33). The molecular weight excluding hydrogens is 467 g/mol. The van der Waals surface area contributed by atoms with Crippen molar-refractivity contribution in [2.24, 2.45) is 0 Å². The lowest BCUT2D eigenvalue weighted by molar-refractivity contribution is -0.137. The highest BCUT2D eigenvalue weighted by Crippen LogP contribution is 2.30. The number of para-hydroxylation sites is 1. The Labute approximate surface area is 199 Å². The third kappa shape index (κ3) is 6.37. The largest absolute Gasteiger partial charge is 0.416 e. The Hall–Kier alpha value is -3.34. The summed E-state index contributed by atoms with van der Waals surface area (Å²) in [6.07, 6.45) is -4.67. The molecule has 2 aromatic carbocycles. The number of amides is 2. The van der Waals surface area contributed by atoms with Crippen molar-refractivity contribution in [3.63, 3.8) is 0 Å². The summed E-state index contributed by atoms with van der Waals surface area (Å²) < 4.78 is 40.3. The molecule has 34 heavy (non-hydrogen) atoms. The van der Waals surface area contributed by atoms with E-state index in [1.165, 1.54) is 23.9 Å². The number of aromatic nitrogens is 3. The molecule has 0 atom stereocenters. The van der Waals surface area contributed by atoms with E-state index in [1.807, 2.05) is 39.0 Å². The van der Waals surface area contributed by atoms with Crippen LogP contribution in [-0.2, 0) is 28.7 Å². The van der Waals surface area contributed by atoms with Crippen LogP contribution in [0.4, 0.5) is 24.5 Å². The quantitative estimate of drug-likeness (QED) is 0.440. The number of hydrogen-bond donors (Lipinski definition) is 2. The Morgan fingerprint density at radius 1 is 1.00 bits per heavy atom. The van der Waals surface area contributed by atoms with Gasteiger partial charge in [0.15, 0.2) is 5.16 Å². The minimum atomic E-state index is -4.50. The molecule has 2 amide bonds. The highest BCUT2D eigenvalue weighted by atomic mass is 32.2. The fraction of sp³-hybridized carbons (Fsp3) is 0.304. The Kier molecular flexibility index (Phi) is 7.98. The molecular formula is C23H24F3N5O2S. The first-order valence-electron chi connectivity index (χ1n) is 10.5. The van der Waals surface area contributed by atoms with Crippen molar-refractivity contribution < 1.29 is 22.8 Å². The molecule has 3 aromatic rings. The first-order valence-corrected chi connectivity index (χ1v) is 11.4. The van der Waals surface area contributed by atoms with Crippen LogP contribution in [0.5, 0.6) is 0 Å². The van der Waals surface area contributed by atoms with Gasteiger partial charge in [-0.25, -0.2) is 0 Å². The minimum Gasteiger partial charge on any atom is -0.326 e. The summed E-state index contributed by atoms with van der Waals surface area (Å²) in [5.74, 6) is -0.269. The summed E-state index contributed by atoms with van der Waals surface area (Å²) in [7, 11) is 0. The maximum absolute atomic E-state index is 12.9. The summed E-state index contributed by atoms with van der Waals surface area (Å²) >= 11 is 1.19. The van der Waals surface area contributed by atoms with E-state index < -0.39 is 17.6 Å². The highest BCUT2D eigenvalue weighted by molar-refractivity contribution is 7.99. The lowest BCUT2D eigenvalue weighted by Crippen LogP contribution is -2.18. The summed E-state index contributed by atoms with van der Waals surface area (Å²) in [6, 6.07) is 10.2. The maximum atomic E-state index is 12.9. The van der Waals surface area contributed by atoms with Gasteiger partial charge in [-0.3, -0.25) is 9.59 Å². The van der Waals surface area contributed by atoms with Crippen LogP contribution in [0.25, 0.3) is 0 Å². The molecule has 0 radical (unpaired) electrons. The SMILES string of the molecule is CCn1c(CC(=O)Nc2cccc(C(F)(F)F)c2)nnc1SCC(=O)Nc1c(C)cccc1C. The van der Waals surface area contributed by atoms with Gasteiger partial charge in [0.2, 0.25) is 11.8 Å². The van der Waals surface area contributed by atoms with Gasteiger partial charge in [0.25, 0.3) is 0 Å². The number of rotatable bonds is 8. The monoisotopic (exact) mass is 491 g/mol. The Bertz CT molecular complexity index is 1170. The molecule has 3 rings (SSSR count). The Morgan fingerprint density at radius 3 is 2.32 bits per heavy atom. The van der Waals surface area contributed by atoms with Gasteiger partial charge < -0.3 is 15.2 Å². The highest BCUT2D eigenvalue weighted by Gasteiger charge is 2.30. The van der Waals surface area contributed by atoms with E-state index in [9.17, 15) is 22.8 Å². The molecule has 0 saturated carbocycles. The zero-order valence-electron chi connectivity index (χ0n) is 18.9. The molecule has 1 heterocycles. The van der Waals surface area contributed by atoms with Crippen molar-refractivity contribution in [3.8, 4) is 0 Å². The topological polar surface area (TPSA) is 88.9 Å². The second-order valence-electron chi connectivity index (χ2n) is 7.55. The second kappa shape index (κ2) is 10.7. The normalized spacial score (nSPS) is 11.4. The molecule has 0 spiro atoms. The molecule has 2 N–H and O–H groups in total. The van der Waals surface area contributed by atoms with Crippen LogP contribution in [0.15, 0.2) is 47.6 Å². The first kappa shape index (κ1) is 25.3. The average molecular weight is 492 g/mol. The summed E-state index contributed by atoms with van der Waals surface area (Å²) in [4.78, 5) is 24.9. The predicted octanol–water partition coefficient (Wildman–Crippen LogP) is 4.85.